The van der Waals surface area contributed by atoms with Gasteiger partial charge in [0.15, 0.2) is 0 Å². The first kappa shape index (κ1) is 17.3. The van der Waals surface area contributed by atoms with Gasteiger partial charge in [-0.1, -0.05) is 42.5 Å². The third kappa shape index (κ3) is 3.52. The van der Waals surface area contributed by atoms with E-state index in [4.69, 9.17) is 0 Å². The van der Waals surface area contributed by atoms with E-state index in [0.717, 1.165) is 22.2 Å². The number of hydrogen-bond acceptors (Lipinski definition) is 4. The lowest BCUT2D eigenvalue weighted by Crippen LogP contribution is -2.50. The molecule has 1 amide bonds. The highest BCUT2D eigenvalue weighted by Crippen LogP contribution is 2.22. The fraction of sp³-hybridized carbons (Fsp3) is 0.130. The van der Waals surface area contributed by atoms with Crippen LogP contribution in [0, 0.1) is 0 Å². The van der Waals surface area contributed by atoms with Crippen molar-refractivity contribution in [1.29, 1.82) is 0 Å². The molecule has 2 aromatic heterocycles. The number of carbonyl (C=O) groups excluding carboxylic acids is 1. The van der Waals surface area contributed by atoms with Crippen LogP contribution in [0.3, 0.4) is 0 Å². The zero-order valence-corrected chi connectivity index (χ0v) is 15.7. The Balaban J connectivity index is 1.24. The lowest BCUT2D eigenvalue weighted by Gasteiger charge is -2.38. The molecule has 0 aliphatic carbocycles. The Labute approximate surface area is 168 Å². The smallest absolute Gasteiger partial charge is 0.253 e. The average molecular weight is 381 g/mol. The van der Waals surface area contributed by atoms with E-state index in [1.165, 1.54) is 6.33 Å². The van der Waals surface area contributed by atoms with Crippen LogP contribution in [-0.4, -0.2) is 43.6 Å². The van der Waals surface area contributed by atoms with E-state index in [1.807, 2.05) is 65.6 Å². The highest BCUT2D eigenvalue weighted by molar-refractivity contribution is 5.95. The Morgan fingerprint density at radius 2 is 1.79 bits per heavy atom. The van der Waals surface area contributed by atoms with Gasteiger partial charge >= 0.3 is 0 Å². The maximum Gasteiger partial charge on any atom is 0.253 e. The number of rotatable bonds is 4. The van der Waals surface area contributed by atoms with E-state index in [9.17, 15) is 4.79 Å². The second-order valence-electron chi connectivity index (χ2n) is 7.12. The van der Waals surface area contributed by atoms with Gasteiger partial charge in [0, 0.05) is 24.0 Å². The van der Waals surface area contributed by atoms with Crippen LogP contribution in [0.15, 0.2) is 73.3 Å². The molecule has 29 heavy (non-hydrogen) atoms. The van der Waals surface area contributed by atoms with Gasteiger partial charge in [0.05, 0.1) is 17.3 Å². The minimum absolute atomic E-state index is 0.0492. The molecule has 1 aliphatic heterocycles. The van der Waals surface area contributed by atoms with E-state index in [2.05, 4.69) is 27.2 Å². The van der Waals surface area contributed by atoms with Gasteiger partial charge in [0.1, 0.15) is 12.7 Å². The van der Waals surface area contributed by atoms with Crippen LogP contribution in [0.2, 0.25) is 0 Å². The molecule has 0 radical (unpaired) electrons. The summed E-state index contributed by atoms with van der Waals surface area (Å²) < 4.78 is 1.80. The summed E-state index contributed by atoms with van der Waals surface area (Å²) >= 11 is 0. The van der Waals surface area contributed by atoms with Crippen molar-refractivity contribution in [3.63, 3.8) is 0 Å². The summed E-state index contributed by atoms with van der Waals surface area (Å²) in [5, 5.41) is 5.26. The van der Waals surface area contributed by atoms with Crippen LogP contribution in [-0.2, 0) is 0 Å². The van der Waals surface area contributed by atoms with Gasteiger partial charge in [-0.15, -0.1) is 0 Å². The molecule has 1 aliphatic rings. The summed E-state index contributed by atoms with van der Waals surface area (Å²) in [4.78, 5) is 23.0. The Kier molecular flexibility index (Phi) is 4.37. The van der Waals surface area contributed by atoms with Crippen molar-refractivity contribution in [3.8, 4) is 0 Å². The first-order chi connectivity index (χ1) is 14.3. The molecule has 0 bridgehead atoms. The van der Waals surface area contributed by atoms with Crippen LogP contribution in [0.25, 0.3) is 23.1 Å². The lowest BCUT2D eigenvalue weighted by molar-refractivity contribution is 0.0501. The van der Waals surface area contributed by atoms with Gasteiger partial charge < -0.3 is 4.90 Å². The zero-order valence-electron chi connectivity index (χ0n) is 15.7. The summed E-state index contributed by atoms with van der Waals surface area (Å²) in [6.45, 7) is 1.33. The molecule has 5 rings (SSSR count). The maximum atomic E-state index is 12.6. The number of benzene rings is 2. The van der Waals surface area contributed by atoms with Crippen molar-refractivity contribution in [3.05, 3.63) is 90.1 Å². The van der Waals surface area contributed by atoms with Gasteiger partial charge in [-0.2, -0.15) is 5.10 Å². The van der Waals surface area contributed by atoms with Crippen molar-refractivity contribution >= 4 is 29.0 Å². The topological polar surface area (TPSA) is 63.9 Å². The Bertz CT molecular complexity index is 1180. The lowest BCUT2D eigenvalue weighted by atomic mass is 10.1. The highest BCUT2D eigenvalue weighted by atomic mass is 16.2. The van der Waals surface area contributed by atoms with E-state index in [0.29, 0.717) is 18.7 Å². The summed E-state index contributed by atoms with van der Waals surface area (Å²) in [5.41, 5.74) is 3.61. The number of fused-ring (bicyclic) bond motifs is 1. The Morgan fingerprint density at radius 1 is 0.966 bits per heavy atom. The second-order valence-corrected chi connectivity index (χ2v) is 7.12. The normalized spacial score (nSPS) is 14.4. The molecule has 142 valence electrons. The van der Waals surface area contributed by atoms with Crippen LogP contribution in [0.1, 0.15) is 27.7 Å². The largest absolute Gasteiger partial charge is 0.334 e. The fourth-order valence-electron chi connectivity index (χ4n) is 3.47. The van der Waals surface area contributed by atoms with Gasteiger partial charge in [0.25, 0.3) is 5.91 Å². The zero-order chi connectivity index (χ0) is 19.6. The predicted octanol–water partition coefficient (Wildman–Crippen LogP) is 3.69. The SMILES string of the molecule is O=C(c1ccc(/C=C/c2ccc3ccccc3n2)cc1)N1CC(n2cncn2)C1. The molecule has 0 atom stereocenters. The van der Waals surface area contributed by atoms with Crippen LogP contribution in [0.5, 0.6) is 0 Å². The molecule has 1 saturated heterocycles. The monoisotopic (exact) mass is 381 g/mol. The van der Waals surface area contributed by atoms with E-state index < -0.39 is 0 Å². The summed E-state index contributed by atoms with van der Waals surface area (Å²) in [5.74, 6) is 0.0492. The molecule has 3 heterocycles. The van der Waals surface area contributed by atoms with Crippen molar-refractivity contribution in [2.75, 3.05) is 13.1 Å². The number of para-hydroxylation sites is 1. The van der Waals surface area contributed by atoms with Crippen molar-refractivity contribution in [1.82, 2.24) is 24.6 Å². The molecule has 0 unspecified atom stereocenters. The molecule has 6 nitrogen and oxygen atoms in total. The fourth-order valence-corrected chi connectivity index (χ4v) is 3.47. The Morgan fingerprint density at radius 3 is 2.59 bits per heavy atom. The van der Waals surface area contributed by atoms with E-state index >= 15 is 0 Å². The third-order valence-electron chi connectivity index (χ3n) is 5.18. The maximum absolute atomic E-state index is 12.6. The molecule has 0 N–H and O–H groups in total. The molecule has 2 aromatic carbocycles. The molecule has 4 aromatic rings. The summed E-state index contributed by atoms with van der Waals surface area (Å²) in [6.07, 6.45) is 7.21. The van der Waals surface area contributed by atoms with Crippen LogP contribution in [0.4, 0.5) is 0 Å². The number of likely N-dealkylation sites (tertiary alicyclic amines) is 1. The average Bonchev–Trinajstić information content (AvgIpc) is 3.25. The quantitative estimate of drug-likeness (QED) is 0.541. The second kappa shape index (κ2) is 7.31. The van der Waals surface area contributed by atoms with E-state index in [-0.39, 0.29) is 11.9 Å². The third-order valence-corrected chi connectivity index (χ3v) is 5.18. The van der Waals surface area contributed by atoms with Gasteiger partial charge in [-0.3, -0.25) is 4.79 Å². The van der Waals surface area contributed by atoms with Crippen molar-refractivity contribution in [2.24, 2.45) is 0 Å². The predicted molar refractivity (Wildman–Crippen MR) is 112 cm³/mol. The number of amides is 1. The highest BCUT2D eigenvalue weighted by Gasteiger charge is 2.32. The number of aromatic nitrogens is 4. The van der Waals surface area contributed by atoms with Gasteiger partial charge in [-0.05, 0) is 35.9 Å². The van der Waals surface area contributed by atoms with Crippen molar-refractivity contribution < 1.29 is 4.79 Å². The minimum Gasteiger partial charge on any atom is -0.334 e. The number of hydrogen-bond donors (Lipinski definition) is 0. The molecule has 1 fully saturated rings. The van der Waals surface area contributed by atoms with Crippen molar-refractivity contribution in [2.45, 2.75) is 6.04 Å². The number of pyridine rings is 1. The molecule has 6 heteroatoms. The summed E-state index contributed by atoms with van der Waals surface area (Å²) in [7, 11) is 0. The number of carbonyl (C=O) groups is 1. The molecule has 0 spiro atoms. The Hall–Kier alpha value is -3.80. The standard InChI is InChI=1S/C23H19N5O/c29-23(27-13-21(14-27)28-16-24-15-25-28)19-8-5-17(6-9-19)7-11-20-12-10-18-3-1-2-4-22(18)26-20/h1-12,15-16,21H,13-14H2/b11-7+. The minimum atomic E-state index is 0.0492. The van der Waals surface area contributed by atoms with Gasteiger partial charge in [-0.25, -0.2) is 14.6 Å². The van der Waals surface area contributed by atoms with Gasteiger partial charge in [0.2, 0.25) is 0 Å². The van der Waals surface area contributed by atoms with Crippen LogP contribution < -0.4 is 0 Å². The first-order valence-corrected chi connectivity index (χ1v) is 9.53. The molecular formula is C23H19N5O. The molecular weight excluding hydrogens is 362 g/mol. The van der Waals surface area contributed by atoms with Crippen LogP contribution >= 0.6 is 0 Å². The number of nitrogens with zero attached hydrogens (tertiary/aromatic N) is 5. The van der Waals surface area contributed by atoms with E-state index in [1.54, 1.807) is 11.0 Å². The molecule has 0 saturated carbocycles. The first-order valence-electron chi connectivity index (χ1n) is 9.53. The summed E-state index contributed by atoms with van der Waals surface area (Å²) in [6, 6.07) is 20.0.